The monoisotopic (exact) mass is 430 g/mol. The fraction of sp³-hybridized carbons (Fsp3) is 0.409. The van der Waals surface area contributed by atoms with Gasteiger partial charge in [-0.05, 0) is 56.3 Å². The smallest absolute Gasteiger partial charge is 0.264 e. The van der Waals surface area contributed by atoms with Gasteiger partial charge < -0.3 is 10.6 Å². The first kappa shape index (κ1) is 22.3. The van der Waals surface area contributed by atoms with E-state index in [2.05, 4.69) is 22.5 Å². The van der Waals surface area contributed by atoms with Gasteiger partial charge in [-0.2, -0.15) is 0 Å². The molecule has 1 heterocycles. The number of carbonyl (C=O) groups is 1. The molecule has 0 spiro atoms. The van der Waals surface area contributed by atoms with Gasteiger partial charge in [0.25, 0.3) is 10.0 Å². The van der Waals surface area contributed by atoms with Crippen LogP contribution < -0.4 is 14.9 Å². The fourth-order valence-electron chi connectivity index (χ4n) is 3.77. The van der Waals surface area contributed by atoms with Crippen molar-refractivity contribution >= 4 is 27.3 Å². The van der Waals surface area contributed by atoms with Crippen molar-refractivity contribution in [2.45, 2.75) is 30.7 Å². The molecule has 0 aromatic heterocycles. The second-order valence-electron chi connectivity index (χ2n) is 7.44. The van der Waals surface area contributed by atoms with Crippen molar-refractivity contribution in [3.63, 3.8) is 0 Å². The molecule has 1 unspecified atom stereocenters. The number of likely N-dealkylation sites (N-methyl/N-ethyl adjacent to an activating group) is 1. The van der Waals surface area contributed by atoms with Gasteiger partial charge >= 0.3 is 0 Å². The van der Waals surface area contributed by atoms with Crippen LogP contribution in [0.3, 0.4) is 0 Å². The molecule has 0 aliphatic carbocycles. The Morgan fingerprint density at radius 2 is 1.93 bits per heavy atom. The third kappa shape index (κ3) is 5.38. The van der Waals surface area contributed by atoms with Crippen LogP contribution in [0.1, 0.15) is 19.8 Å². The van der Waals surface area contributed by atoms with E-state index < -0.39 is 10.0 Å². The maximum Gasteiger partial charge on any atom is 0.264 e. The molecular formula is C22H30N4O3S. The number of amides is 1. The van der Waals surface area contributed by atoms with Crippen molar-refractivity contribution < 1.29 is 13.2 Å². The highest BCUT2D eigenvalue weighted by molar-refractivity contribution is 7.92. The van der Waals surface area contributed by atoms with Gasteiger partial charge in [0.2, 0.25) is 5.91 Å². The lowest BCUT2D eigenvalue weighted by Gasteiger charge is -2.22. The topological polar surface area (TPSA) is 81.8 Å². The molecule has 1 saturated heterocycles. The molecule has 2 N–H and O–H groups in total. The Labute approximate surface area is 179 Å². The van der Waals surface area contributed by atoms with E-state index >= 15 is 0 Å². The molecule has 2 aromatic rings. The molecule has 0 saturated carbocycles. The number of hydrogen-bond donors (Lipinski definition) is 2. The minimum absolute atomic E-state index is 0.129. The zero-order chi connectivity index (χ0) is 21.6. The lowest BCUT2D eigenvalue weighted by molar-refractivity contribution is -0.115. The quantitative estimate of drug-likeness (QED) is 0.639. The first-order valence-electron chi connectivity index (χ1n) is 10.3. The van der Waals surface area contributed by atoms with Crippen molar-refractivity contribution in [2.24, 2.45) is 0 Å². The summed E-state index contributed by atoms with van der Waals surface area (Å²) >= 11 is 0. The van der Waals surface area contributed by atoms with Crippen LogP contribution in [0.5, 0.6) is 0 Å². The number of para-hydroxylation sites is 1. The molecule has 1 amide bonds. The van der Waals surface area contributed by atoms with Crippen molar-refractivity contribution in [1.82, 2.24) is 10.2 Å². The second kappa shape index (κ2) is 10.1. The van der Waals surface area contributed by atoms with Crippen LogP contribution in [0.2, 0.25) is 0 Å². The maximum atomic E-state index is 12.9. The summed E-state index contributed by atoms with van der Waals surface area (Å²) in [5.41, 5.74) is 1.03. The summed E-state index contributed by atoms with van der Waals surface area (Å²) in [6.45, 7) is 5.26. The summed E-state index contributed by atoms with van der Waals surface area (Å²) in [6, 6.07) is 15.7. The predicted octanol–water partition coefficient (Wildman–Crippen LogP) is 2.52. The van der Waals surface area contributed by atoms with E-state index in [0.717, 1.165) is 26.1 Å². The Morgan fingerprint density at radius 3 is 2.67 bits per heavy atom. The van der Waals surface area contributed by atoms with Crippen molar-refractivity contribution in [3.05, 3.63) is 54.6 Å². The van der Waals surface area contributed by atoms with Crippen LogP contribution in [0, 0.1) is 0 Å². The van der Waals surface area contributed by atoms with Gasteiger partial charge in [-0.25, -0.2) is 8.42 Å². The number of anilines is 2. The van der Waals surface area contributed by atoms with Crippen LogP contribution in [-0.2, 0) is 14.8 Å². The molecule has 0 radical (unpaired) electrons. The summed E-state index contributed by atoms with van der Waals surface area (Å²) in [5.74, 6) is -0.193. The average molecular weight is 431 g/mol. The highest BCUT2D eigenvalue weighted by Crippen LogP contribution is 2.23. The Bertz CT molecular complexity index is 950. The van der Waals surface area contributed by atoms with E-state index in [4.69, 9.17) is 0 Å². The molecule has 2 aromatic carbocycles. The van der Waals surface area contributed by atoms with Gasteiger partial charge in [0.05, 0.1) is 17.1 Å². The molecule has 1 atom stereocenters. The lowest BCUT2D eigenvalue weighted by Crippen LogP contribution is -2.40. The first-order valence-corrected chi connectivity index (χ1v) is 11.7. The minimum Gasteiger partial charge on any atom is -0.325 e. The largest absolute Gasteiger partial charge is 0.325 e. The van der Waals surface area contributed by atoms with Gasteiger partial charge in [0, 0.05) is 25.3 Å². The van der Waals surface area contributed by atoms with E-state index in [-0.39, 0.29) is 17.3 Å². The van der Waals surface area contributed by atoms with Crippen molar-refractivity contribution in [3.8, 4) is 0 Å². The first-order chi connectivity index (χ1) is 14.4. The molecular weight excluding hydrogens is 400 g/mol. The van der Waals surface area contributed by atoms with Gasteiger partial charge in [0.15, 0.2) is 0 Å². The van der Waals surface area contributed by atoms with Crippen molar-refractivity contribution in [1.29, 1.82) is 0 Å². The number of rotatable bonds is 9. The number of benzene rings is 2. The van der Waals surface area contributed by atoms with Crippen LogP contribution in [0.25, 0.3) is 0 Å². The Balaban J connectivity index is 1.59. The molecule has 1 fully saturated rings. The zero-order valence-electron chi connectivity index (χ0n) is 17.5. The lowest BCUT2D eigenvalue weighted by atomic mass is 10.2. The van der Waals surface area contributed by atoms with Crippen LogP contribution >= 0.6 is 0 Å². The number of likely N-dealkylation sites (tertiary alicyclic amines) is 1. The Kier molecular flexibility index (Phi) is 7.47. The number of hydrogen-bond acceptors (Lipinski definition) is 5. The summed E-state index contributed by atoms with van der Waals surface area (Å²) in [7, 11) is -2.21. The van der Waals surface area contributed by atoms with E-state index in [1.54, 1.807) is 36.4 Å². The number of nitrogens with one attached hydrogen (secondary N) is 2. The van der Waals surface area contributed by atoms with Crippen molar-refractivity contribution in [2.75, 3.05) is 42.8 Å². The van der Waals surface area contributed by atoms with Gasteiger partial charge in [-0.15, -0.1) is 0 Å². The standard InChI is InChI=1S/C22H30N4O3S/c1-3-26-14-8-12-20(26)16-23-17-22(27)24-18-9-7-13-21(15-18)30(28,29)25(2)19-10-5-4-6-11-19/h4-7,9-11,13,15,20,23H,3,8,12,14,16-17H2,1-2H3,(H,24,27). The predicted molar refractivity (Wildman–Crippen MR) is 120 cm³/mol. The van der Waals surface area contributed by atoms with Gasteiger partial charge in [-0.1, -0.05) is 31.2 Å². The normalized spacial score (nSPS) is 17.1. The third-order valence-electron chi connectivity index (χ3n) is 5.47. The summed E-state index contributed by atoms with van der Waals surface area (Å²) in [5, 5.41) is 6.00. The van der Waals surface area contributed by atoms with Crippen LogP contribution in [0.15, 0.2) is 59.5 Å². The van der Waals surface area contributed by atoms with E-state index in [0.29, 0.717) is 17.4 Å². The van der Waals surface area contributed by atoms with Crippen LogP contribution in [-0.4, -0.2) is 58.5 Å². The number of nitrogens with zero attached hydrogens (tertiary/aromatic N) is 2. The molecule has 7 nitrogen and oxygen atoms in total. The summed E-state index contributed by atoms with van der Waals surface area (Å²) in [6.07, 6.45) is 2.35. The average Bonchev–Trinajstić information content (AvgIpc) is 3.21. The molecule has 30 heavy (non-hydrogen) atoms. The molecule has 3 rings (SSSR count). The second-order valence-corrected chi connectivity index (χ2v) is 9.41. The van der Waals surface area contributed by atoms with Gasteiger partial charge in [0.1, 0.15) is 0 Å². The highest BCUT2D eigenvalue weighted by Gasteiger charge is 2.23. The highest BCUT2D eigenvalue weighted by atomic mass is 32.2. The summed E-state index contributed by atoms with van der Waals surface area (Å²) < 4.78 is 27.1. The van der Waals surface area contributed by atoms with E-state index in [9.17, 15) is 13.2 Å². The van der Waals surface area contributed by atoms with Crippen LogP contribution in [0.4, 0.5) is 11.4 Å². The zero-order valence-corrected chi connectivity index (χ0v) is 18.4. The molecule has 0 bridgehead atoms. The Morgan fingerprint density at radius 1 is 1.17 bits per heavy atom. The number of carbonyl (C=O) groups excluding carboxylic acids is 1. The third-order valence-corrected chi connectivity index (χ3v) is 7.25. The molecule has 8 heteroatoms. The van der Waals surface area contributed by atoms with E-state index in [1.165, 1.54) is 29.9 Å². The summed E-state index contributed by atoms with van der Waals surface area (Å²) in [4.78, 5) is 14.9. The minimum atomic E-state index is -3.73. The molecule has 1 aliphatic rings. The maximum absolute atomic E-state index is 12.9. The molecule has 1 aliphatic heterocycles. The van der Waals surface area contributed by atoms with Gasteiger partial charge in [-0.3, -0.25) is 14.0 Å². The number of sulfonamides is 1. The van der Waals surface area contributed by atoms with E-state index in [1.807, 2.05) is 6.07 Å². The Hall–Kier alpha value is -2.42. The molecule has 162 valence electrons. The SMILES string of the molecule is CCN1CCCC1CNCC(=O)Nc1cccc(S(=O)(=O)N(C)c2ccccc2)c1. The fourth-order valence-corrected chi connectivity index (χ4v) is 5.01.